The quantitative estimate of drug-likeness (QED) is 0.0342. The number of carbonyl (C=O) groups is 2. The molecule has 3 aromatic carbocycles. The standard InChI is InChI=1S/C37H37N7O7.C6H9NO2.C5H11N.2C2H6/c1-23-7-5-8-26-9-6-10-32(33(23)26)41-18-16-30-31(22-41)39-36(49-4)40-34(30)42-19-20-43(28(21-42)15-17-38)35(45)24(2)25(3)50-37(46)51-29-13-11-27(12-14-29)44(47)48;1-3-5-6(4-2)7(8)9;1-6-4-2-3-5-6;2*1-2/h5-14,25,28H,2,15-16,18-22H2,1,3-4H3;3-5H,1-2H3;2-5H2,1H3;2*1-2H3/b;5-3-,6-4+;;;. The lowest BCUT2D eigenvalue weighted by Crippen LogP contribution is -2.56. The van der Waals surface area contributed by atoms with Gasteiger partial charge in [-0.2, -0.15) is 15.2 Å². The summed E-state index contributed by atoms with van der Waals surface area (Å²) in [5.74, 6) is 0.318. The first-order valence-corrected chi connectivity index (χ1v) is 23.7. The van der Waals surface area contributed by atoms with Gasteiger partial charge in [-0.15, -0.1) is 0 Å². The second kappa shape index (κ2) is 28.8. The Kier molecular flexibility index (Phi) is 23.4. The third-order valence-electron chi connectivity index (χ3n) is 11.5. The average Bonchev–Trinajstić information content (AvgIpc) is 3.86. The van der Waals surface area contributed by atoms with Crippen molar-refractivity contribution in [2.24, 2.45) is 0 Å². The zero-order valence-electron chi connectivity index (χ0n) is 42.3. The maximum atomic E-state index is 13.7. The molecular formula is C52H69N9O9. The molecule has 3 aliphatic rings. The number of anilines is 2. The maximum absolute atomic E-state index is 13.7. The van der Waals surface area contributed by atoms with E-state index in [1.165, 1.54) is 92.7 Å². The monoisotopic (exact) mass is 964 g/mol. The van der Waals surface area contributed by atoms with Gasteiger partial charge in [0.25, 0.3) is 17.3 Å². The Morgan fingerprint density at radius 3 is 2.14 bits per heavy atom. The molecule has 2 saturated heterocycles. The van der Waals surface area contributed by atoms with Gasteiger partial charge in [-0.3, -0.25) is 25.0 Å². The molecule has 1 aromatic heterocycles. The summed E-state index contributed by atoms with van der Waals surface area (Å²) in [7, 11) is 3.71. The van der Waals surface area contributed by atoms with Gasteiger partial charge in [0.05, 0.1) is 53.3 Å². The van der Waals surface area contributed by atoms with Crippen molar-refractivity contribution in [3.8, 4) is 17.8 Å². The van der Waals surface area contributed by atoms with Crippen LogP contribution in [0.25, 0.3) is 10.8 Å². The number of nitro groups is 2. The number of hydrogen-bond acceptors (Lipinski definition) is 15. The van der Waals surface area contributed by atoms with Crippen molar-refractivity contribution in [1.29, 1.82) is 5.26 Å². The van der Waals surface area contributed by atoms with Gasteiger partial charge in [0, 0.05) is 61.0 Å². The van der Waals surface area contributed by atoms with Crippen LogP contribution in [0.1, 0.15) is 84.5 Å². The highest BCUT2D eigenvalue weighted by molar-refractivity contribution is 5.97. The zero-order chi connectivity index (χ0) is 51.9. The molecule has 1 amide bonds. The summed E-state index contributed by atoms with van der Waals surface area (Å²) < 4.78 is 16.0. The molecule has 18 nitrogen and oxygen atoms in total. The summed E-state index contributed by atoms with van der Waals surface area (Å²) in [6.07, 6.45) is 5.99. The summed E-state index contributed by atoms with van der Waals surface area (Å²) in [5, 5.41) is 33.0. The number of allylic oxidation sites excluding steroid dienone is 3. The first kappa shape index (κ1) is 56.9. The van der Waals surface area contributed by atoms with Gasteiger partial charge in [-0.25, -0.2) is 4.79 Å². The molecule has 0 N–H and O–H groups in total. The zero-order valence-corrected chi connectivity index (χ0v) is 42.3. The van der Waals surface area contributed by atoms with Crippen LogP contribution in [-0.2, 0) is 22.5 Å². The van der Waals surface area contributed by atoms with E-state index in [0.717, 1.165) is 29.3 Å². The Hall–Kier alpha value is -7.39. The molecule has 3 aliphatic heterocycles. The topological polar surface area (TPSA) is 211 Å². The van der Waals surface area contributed by atoms with Crippen molar-refractivity contribution in [2.75, 3.05) is 63.2 Å². The molecule has 0 aliphatic carbocycles. The normalized spacial score (nSPS) is 15.7. The highest BCUT2D eigenvalue weighted by Gasteiger charge is 2.36. The van der Waals surface area contributed by atoms with E-state index in [9.17, 15) is 35.1 Å². The minimum atomic E-state index is -1.10. The molecule has 7 rings (SSSR count). The number of aromatic nitrogens is 2. The van der Waals surface area contributed by atoms with Crippen LogP contribution in [0, 0.1) is 38.5 Å². The number of benzene rings is 3. The van der Waals surface area contributed by atoms with E-state index in [4.69, 9.17) is 24.2 Å². The summed E-state index contributed by atoms with van der Waals surface area (Å²) in [6.45, 7) is 23.9. The maximum Gasteiger partial charge on any atom is 0.514 e. The van der Waals surface area contributed by atoms with Gasteiger partial charge in [0.1, 0.15) is 17.7 Å². The number of carbonyl (C=O) groups excluding carboxylic acids is 2. The number of rotatable bonds is 11. The molecule has 2 unspecified atom stereocenters. The molecule has 70 heavy (non-hydrogen) atoms. The third kappa shape index (κ3) is 15.6. The van der Waals surface area contributed by atoms with Crippen LogP contribution < -0.4 is 19.3 Å². The van der Waals surface area contributed by atoms with Crippen molar-refractivity contribution in [3.05, 3.63) is 134 Å². The number of fused-ring (bicyclic) bond motifs is 2. The fourth-order valence-corrected chi connectivity index (χ4v) is 7.95. The highest BCUT2D eigenvalue weighted by atomic mass is 16.7. The number of hydrogen-bond donors (Lipinski definition) is 0. The van der Waals surface area contributed by atoms with E-state index in [-0.39, 0.29) is 41.7 Å². The van der Waals surface area contributed by atoms with Gasteiger partial charge in [-0.05, 0) is 102 Å². The molecule has 18 heteroatoms. The predicted octanol–water partition coefficient (Wildman–Crippen LogP) is 10.0. The molecule has 376 valence electrons. The smallest absolute Gasteiger partial charge is 0.467 e. The van der Waals surface area contributed by atoms with E-state index in [1.54, 1.807) is 24.8 Å². The average molecular weight is 964 g/mol. The molecule has 0 radical (unpaired) electrons. The predicted molar refractivity (Wildman–Crippen MR) is 274 cm³/mol. The van der Waals surface area contributed by atoms with E-state index < -0.39 is 34.1 Å². The van der Waals surface area contributed by atoms with Crippen molar-refractivity contribution in [3.63, 3.8) is 0 Å². The fraction of sp³-hybridized carbons (Fsp3) is 0.442. The number of nitrogens with zero attached hydrogens (tertiary/aromatic N) is 9. The Bertz CT molecular complexity index is 2490. The van der Waals surface area contributed by atoms with Gasteiger partial charge in [-0.1, -0.05) is 70.7 Å². The molecule has 0 spiro atoms. The summed E-state index contributed by atoms with van der Waals surface area (Å²) in [4.78, 5) is 63.9. The number of non-ortho nitro benzene ring substituents is 1. The molecule has 0 bridgehead atoms. The van der Waals surface area contributed by atoms with Crippen LogP contribution in [0.4, 0.5) is 22.0 Å². The first-order chi connectivity index (χ1) is 33.7. The van der Waals surface area contributed by atoms with Crippen molar-refractivity contribution >= 4 is 40.0 Å². The molecule has 4 aromatic rings. The van der Waals surface area contributed by atoms with Gasteiger partial charge >= 0.3 is 12.2 Å². The Morgan fingerprint density at radius 2 is 1.60 bits per heavy atom. The van der Waals surface area contributed by atoms with E-state index in [1.807, 2.05) is 27.7 Å². The van der Waals surface area contributed by atoms with Crippen LogP contribution in [0.15, 0.2) is 96.7 Å². The molecular weight excluding hydrogens is 895 g/mol. The van der Waals surface area contributed by atoms with E-state index in [2.05, 4.69) is 77.7 Å². The van der Waals surface area contributed by atoms with Gasteiger partial charge in [0.2, 0.25) is 0 Å². The fourth-order valence-electron chi connectivity index (χ4n) is 7.95. The Labute approximate surface area is 412 Å². The largest absolute Gasteiger partial charge is 0.514 e. The van der Waals surface area contributed by atoms with Crippen LogP contribution in [-0.4, -0.2) is 107 Å². The lowest BCUT2D eigenvalue weighted by molar-refractivity contribution is -0.419. The third-order valence-corrected chi connectivity index (χ3v) is 11.5. The van der Waals surface area contributed by atoms with Crippen LogP contribution in [0.3, 0.4) is 0 Å². The minimum Gasteiger partial charge on any atom is -0.467 e. The number of methoxy groups -OCH3 is 1. The SMILES string of the molecule is C/C=C\C(=C/C)[N+](=O)[O-].C=C(C(=O)N1CCN(c2nc(OC)nc3c2CCN(c2cccc4cccc(C)c24)C3)CC1CC#N)C(C)OC(=O)Oc1ccc([N+](=O)[O-])cc1.CC.CC.CN1CCCC1. The molecule has 2 fully saturated rings. The Morgan fingerprint density at radius 1 is 0.943 bits per heavy atom. The van der Waals surface area contributed by atoms with Gasteiger partial charge in [0.15, 0.2) is 0 Å². The molecule has 4 heterocycles. The highest BCUT2D eigenvalue weighted by Crippen LogP contribution is 2.36. The van der Waals surface area contributed by atoms with E-state index in [0.29, 0.717) is 26.1 Å². The second-order valence-corrected chi connectivity index (χ2v) is 15.9. The van der Waals surface area contributed by atoms with Crippen molar-refractivity contribution in [2.45, 2.75) is 99.8 Å². The molecule has 0 saturated carbocycles. The number of likely N-dealkylation sites (tertiary alicyclic amines) is 1. The number of ether oxygens (including phenoxy) is 3. The number of piperazine rings is 1. The Balaban J connectivity index is 0.000000576. The van der Waals surface area contributed by atoms with Crippen LogP contribution in [0.2, 0.25) is 0 Å². The lowest BCUT2D eigenvalue weighted by atomic mass is 9.99. The van der Waals surface area contributed by atoms with E-state index >= 15 is 0 Å². The lowest BCUT2D eigenvalue weighted by Gasteiger charge is -2.43. The second-order valence-electron chi connectivity index (χ2n) is 15.9. The minimum absolute atomic E-state index is 0.0110. The number of nitro benzene ring substituents is 1. The summed E-state index contributed by atoms with van der Waals surface area (Å²) >= 11 is 0. The van der Waals surface area contributed by atoms with Crippen LogP contribution in [0.5, 0.6) is 11.8 Å². The number of nitriles is 1. The first-order valence-electron chi connectivity index (χ1n) is 23.7. The summed E-state index contributed by atoms with van der Waals surface area (Å²) in [5.41, 5.74) is 4.22. The summed E-state index contributed by atoms with van der Waals surface area (Å²) in [6, 6.07) is 19.5. The molecule has 2 atom stereocenters. The van der Waals surface area contributed by atoms with Crippen molar-refractivity contribution in [1.82, 2.24) is 19.8 Å². The number of aryl methyl sites for hydroxylation is 1. The van der Waals surface area contributed by atoms with Crippen molar-refractivity contribution < 1.29 is 33.6 Å². The van der Waals surface area contributed by atoms with Gasteiger partial charge < -0.3 is 33.8 Å². The van der Waals surface area contributed by atoms with Crippen LogP contribution >= 0.6 is 0 Å². The number of amides is 1.